The molecule has 0 spiro atoms. The Bertz CT molecular complexity index is 504. The second-order valence-corrected chi connectivity index (χ2v) is 4.38. The molecule has 1 aliphatic rings. The van der Waals surface area contributed by atoms with E-state index in [-0.39, 0.29) is 17.6 Å². The van der Waals surface area contributed by atoms with Crippen LogP contribution in [0.5, 0.6) is 5.75 Å². The van der Waals surface area contributed by atoms with E-state index in [1.54, 1.807) is 6.07 Å². The summed E-state index contributed by atoms with van der Waals surface area (Å²) in [5.41, 5.74) is 0.752. The molecule has 2 rings (SSSR count). The number of carbonyl (C=O) groups is 1. The second kappa shape index (κ2) is 5.66. The minimum atomic E-state index is -0.452. The van der Waals surface area contributed by atoms with Crippen molar-refractivity contribution in [1.29, 1.82) is 0 Å². The van der Waals surface area contributed by atoms with Crippen LogP contribution in [0.15, 0.2) is 18.2 Å². The van der Waals surface area contributed by atoms with Gasteiger partial charge in [0.05, 0.1) is 18.1 Å². The number of carbonyl (C=O) groups excluding carboxylic acids is 1. The van der Waals surface area contributed by atoms with Crippen LogP contribution < -0.4 is 15.4 Å². The number of benzene rings is 1. The van der Waals surface area contributed by atoms with Gasteiger partial charge in [0.2, 0.25) is 5.91 Å². The Morgan fingerprint density at radius 2 is 2.32 bits per heavy atom. The van der Waals surface area contributed by atoms with Gasteiger partial charge < -0.3 is 15.4 Å². The highest BCUT2D eigenvalue weighted by Crippen LogP contribution is 2.22. The molecular formula is C12H15N3O4. The minimum Gasteiger partial charge on any atom is -0.496 e. The lowest BCUT2D eigenvalue weighted by molar-refractivity contribution is -0.385. The van der Waals surface area contributed by atoms with Crippen molar-refractivity contribution in [2.24, 2.45) is 0 Å². The topological polar surface area (TPSA) is 93.5 Å². The van der Waals surface area contributed by atoms with E-state index in [0.717, 1.165) is 5.56 Å². The smallest absolute Gasteiger partial charge is 0.273 e. The molecule has 1 atom stereocenters. The number of nitrogens with one attached hydrogen (secondary N) is 2. The Kier molecular flexibility index (Phi) is 3.96. The van der Waals surface area contributed by atoms with E-state index < -0.39 is 4.92 Å². The number of ether oxygens (including phenoxy) is 1. The fraction of sp³-hybridized carbons (Fsp3) is 0.417. The van der Waals surface area contributed by atoms with Gasteiger partial charge in [-0.3, -0.25) is 14.9 Å². The predicted octanol–water partition coefficient (Wildman–Crippen LogP) is 0.581. The van der Waals surface area contributed by atoms with Crippen molar-refractivity contribution in [3.05, 3.63) is 33.9 Å². The van der Waals surface area contributed by atoms with E-state index in [2.05, 4.69) is 10.6 Å². The van der Waals surface area contributed by atoms with Crippen LogP contribution in [-0.2, 0) is 11.3 Å². The van der Waals surface area contributed by atoms with Crippen LogP contribution in [0.2, 0.25) is 0 Å². The molecule has 0 bridgehead atoms. The zero-order chi connectivity index (χ0) is 13.8. The zero-order valence-corrected chi connectivity index (χ0v) is 10.5. The third-order valence-electron chi connectivity index (χ3n) is 2.97. The average molecular weight is 265 g/mol. The lowest BCUT2D eigenvalue weighted by Crippen LogP contribution is -2.30. The molecule has 102 valence electrons. The van der Waals surface area contributed by atoms with Gasteiger partial charge in [0.15, 0.2) is 0 Å². The van der Waals surface area contributed by atoms with Crippen molar-refractivity contribution >= 4 is 11.6 Å². The van der Waals surface area contributed by atoms with Crippen molar-refractivity contribution in [2.75, 3.05) is 13.7 Å². The number of nitrogens with zero attached hydrogens (tertiary/aromatic N) is 1. The summed E-state index contributed by atoms with van der Waals surface area (Å²) in [4.78, 5) is 21.4. The van der Waals surface area contributed by atoms with Crippen LogP contribution in [0.1, 0.15) is 12.0 Å². The van der Waals surface area contributed by atoms with Gasteiger partial charge in [-0.25, -0.2) is 0 Å². The molecule has 1 aromatic rings. The van der Waals surface area contributed by atoms with E-state index in [1.165, 1.54) is 19.2 Å². The SMILES string of the molecule is COc1cc(CNC2CNC(=O)C2)cc([N+](=O)[O-])c1. The lowest BCUT2D eigenvalue weighted by atomic mass is 10.1. The third kappa shape index (κ3) is 3.41. The molecule has 1 aromatic carbocycles. The second-order valence-electron chi connectivity index (χ2n) is 4.38. The molecule has 2 N–H and O–H groups in total. The summed E-state index contributed by atoms with van der Waals surface area (Å²) in [6.07, 6.45) is 0.437. The number of methoxy groups -OCH3 is 1. The first kappa shape index (κ1) is 13.3. The molecule has 0 radical (unpaired) electrons. The molecule has 0 saturated carbocycles. The molecule has 1 unspecified atom stereocenters. The number of nitro benzene ring substituents is 1. The van der Waals surface area contributed by atoms with Crippen molar-refractivity contribution < 1.29 is 14.5 Å². The van der Waals surface area contributed by atoms with Crippen molar-refractivity contribution in [2.45, 2.75) is 19.0 Å². The van der Waals surface area contributed by atoms with Gasteiger partial charge in [0.1, 0.15) is 5.75 Å². The molecular weight excluding hydrogens is 250 g/mol. The van der Waals surface area contributed by atoms with Crippen LogP contribution >= 0.6 is 0 Å². The highest BCUT2D eigenvalue weighted by molar-refractivity contribution is 5.78. The largest absolute Gasteiger partial charge is 0.496 e. The first-order valence-corrected chi connectivity index (χ1v) is 5.91. The number of amides is 1. The van der Waals surface area contributed by atoms with Crippen LogP contribution in [0.25, 0.3) is 0 Å². The van der Waals surface area contributed by atoms with Gasteiger partial charge in [0.25, 0.3) is 5.69 Å². The van der Waals surface area contributed by atoms with Crippen molar-refractivity contribution in [1.82, 2.24) is 10.6 Å². The van der Waals surface area contributed by atoms with E-state index in [9.17, 15) is 14.9 Å². The molecule has 0 aromatic heterocycles. The first-order chi connectivity index (χ1) is 9.08. The van der Waals surface area contributed by atoms with E-state index in [0.29, 0.717) is 25.3 Å². The summed E-state index contributed by atoms with van der Waals surface area (Å²) in [5.74, 6) is 0.473. The fourth-order valence-electron chi connectivity index (χ4n) is 1.98. The van der Waals surface area contributed by atoms with Gasteiger partial charge in [-0.1, -0.05) is 0 Å². The minimum absolute atomic E-state index is 0.00299. The summed E-state index contributed by atoms with van der Waals surface area (Å²) >= 11 is 0. The quantitative estimate of drug-likeness (QED) is 0.600. The third-order valence-corrected chi connectivity index (χ3v) is 2.97. The Morgan fingerprint density at radius 1 is 1.53 bits per heavy atom. The summed E-state index contributed by atoms with van der Waals surface area (Å²) in [6.45, 7) is 1.04. The van der Waals surface area contributed by atoms with Gasteiger partial charge in [0, 0.05) is 31.6 Å². The maximum absolute atomic E-state index is 11.0. The van der Waals surface area contributed by atoms with E-state index in [4.69, 9.17) is 4.74 Å². The van der Waals surface area contributed by atoms with Gasteiger partial charge in [-0.2, -0.15) is 0 Å². The molecule has 1 saturated heterocycles. The monoisotopic (exact) mass is 265 g/mol. The molecule has 1 fully saturated rings. The summed E-state index contributed by atoms with van der Waals surface area (Å²) < 4.78 is 5.04. The maximum atomic E-state index is 11.0. The molecule has 19 heavy (non-hydrogen) atoms. The number of nitro groups is 1. The average Bonchev–Trinajstić information content (AvgIpc) is 2.81. The summed E-state index contributed by atoms with van der Waals surface area (Å²) in [7, 11) is 1.47. The predicted molar refractivity (Wildman–Crippen MR) is 67.9 cm³/mol. The van der Waals surface area contributed by atoms with Crippen LogP contribution in [-0.4, -0.2) is 30.5 Å². The fourth-order valence-corrected chi connectivity index (χ4v) is 1.98. The van der Waals surface area contributed by atoms with Crippen LogP contribution in [0.4, 0.5) is 5.69 Å². The number of rotatable bonds is 5. The van der Waals surface area contributed by atoms with Crippen LogP contribution in [0, 0.1) is 10.1 Å². The molecule has 7 heteroatoms. The van der Waals surface area contributed by atoms with Gasteiger partial charge in [-0.05, 0) is 11.6 Å². The molecule has 0 aliphatic carbocycles. The Labute approximate surface area is 110 Å². The van der Waals surface area contributed by atoms with Gasteiger partial charge >= 0.3 is 0 Å². The zero-order valence-electron chi connectivity index (χ0n) is 10.5. The van der Waals surface area contributed by atoms with Gasteiger partial charge in [-0.15, -0.1) is 0 Å². The van der Waals surface area contributed by atoms with Crippen molar-refractivity contribution in [3.8, 4) is 5.75 Å². The first-order valence-electron chi connectivity index (χ1n) is 5.91. The Morgan fingerprint density at radius 3 is 2.89 bits per heavy atom. The Hall–Kier alpha value is -2.15. The lowest BCUT2D eigenvalue weighted by Gasteiger charge is -2.11. The maximum Gasteiger partial charge on any atom is 0.273 e. The molecule has 1 amide bonds. The van der Waals surface area contributed by atoms with E-state index in [1.807, 2.05) is 0 Å². The standard InChI is InChI=1S/C12H15N3O4/c1-19-11-3-8(2-10(5-11)15(17)18)6-13-9-4-12(16)14-7-9/h2-3,5,9,13H,4,6-7H2,1H3,(H,14,16). The highest BCUT2D eigenvalue weighted by atomic mass is 16.6. The Balaban J connectivity index is 2.04. The highest BCUT2D eigenvalue weighted by Gasteiger charge is 2.20. The molecule has 7 nitrogen and oxygen atoms in total. The summed E-state index contributed by atoms with van der Waals surface area (Å²) in [5, 5.41) is 16.7. The number of hydrogen-bond donors (Lipinski definition) is 2. The number of hydrogen-bond acceptors (Lipinski definition) is 5. The van der Waals surface area contributed by atoms with Crippen molar-refractivity contribution in [3.63, 3.8) is 0 Å². The number of non-ortho nitro benzene ring substituents is 1. The molecule has 1 heterocycles. The normalized spacial score (nSPS) is 18.2. The molecule has 1 aliphatic heterocycles. The van der Waals surface area contributed by atoms with Crippen LogP contribution in [0.3, 0.4) is 0 Å². The van der Waals surface area contributed by atoms with E-state index >= 15 is 0 Å². The summed E-state index contributed by atoms with van der Waals surface area (Å²) in [6, 6.07) is 4.69.